The highest BCUT2D eigenvalue weighted by Crippen LogP contribution is 2.17. The molecule has 1 atom stereocenters. The van der Waals surface area contributed by atoms with Crippen LogP contribution in [0, 0.1) is 0 Å². The molecular weight excluding hydrogens is 168 g/mol. The molecule has 13 heavy (non-hydrogen) atoms. The van der Waals surface area contributed by atoms with E-state index in [-0.39, 0.29) is 11.4 Å². The van der Waals surface area contributed by atoms with Gasteiger partial charge in [0.2, 0.25) is 5.91 Å². The highest BCUT2D eigenvalue weighted by molar-refractivity contribution is 5.79. The summed E-state index contributed by atoms with van der Waals surface area (Å²) in [6, 6.07) is 0. The highest BCUT2D eigenvalue weighted by atomic mass is 16.5. The van der Waals surface area contributed by atoms with E-state index in [1.807, 2.05) is 0 Å². The second-order valence-corrected chi connectivity index (χ2v) is 4.38. The van der Waals surface area contributed by atoms with Gasteiger partial charge in [-0.25, -0.2) is 0 Å². The van der Waals surface area contributed by atoms with E-state index < -0.39 is 6.10 Å². The van der Waals surface area contributed by atoms with Crippen LogP contribution in [0.2, 0.25) is 0 Å². The fourth-order valence-corrected chi connectivity index (χ4v) is 1.43. The Morgan fingerprint density at radius 3 is 2.62 bits per heavy atom. The summed E-state index contributed by atoms with van der Waals surface area (Å²) in [5.74, 6) is -0.367. The van der Waals surface area contributed by atoms with Crippen molar-refractivity contribution in [3.8, 4) is 0 Å². The Balaban J connectivity index is 2.57. The number of carbonyl (C=O) groups excluding carboxylic acids is 1. The van der Waals surface area contributed by atoms with Gasteiger partial charge >= 0.3 is 0 Å². The smallest absolute Gasteiger partial charge is 0.247 e. The lowest BCUT2D eigenvalue weighted by molar-refractivity contribution is -0.137. The summed E-state index contributed by atoms with van der Waals surface area (Å²) in [5.41, 5.74) is 5.26. The average molecular weight is 186 g/mol. The Bertz CT molecular complexity index is 198. The highest BCUT2D eigenvalue weighted by Gasteiger charge is 2.30. The van der Waals surface area contributed by atoms with Crippen LogP contribution < -0.4 is 5.73 Å². The van der Waals surface area contributed by atoms with Gasteiger partial charge in [0, 0.05) is 18.6 Å². The van der Waals surface area contributed by atoms with Crippen molar-refractivity contribution in [1.29, 1.82) is 0 Å². The van der Waals surface area contributed by atoms with Crippen LogP contribution >= 0.6 is 0 Å². The normalized spacial score (nSPS) is 25.9. The number of hydrogen-bond donors (Lipinski definition) is 1. The number of carbonyl (C=O) groups is 1. The van der Waals surface area contributed by atoms with Crippen molar-refractivity contribution in [3.63, 3.8) is 0 Å². The zero-order chi connectivity index (χ0) is 10.1. The van der Waals surface area contributed by atoms with Crippen LogP contribution in [0.5, 0.6) is 0 Å². The van der Waals surface area contributed by atoms with E-state index in [1.165, 1.54) is 0 Å². The number of morpholine rings is 1. The Kier molecular flexibility index (Phi) is 2.93. The molecule has 1 saturated heterocycles. The number of nitrogens with two attached hydrogens (primary N) is 1. The molecule has 4 heteroatoms. The summed E-state index contributed by atoms with van der Waals surface area (Å²) in [6.45, 7) is 8.43. The first kappa shape index (κ1) is 10.5. The molecule has 0 spiro atoms. The number of rotatable bonds is 1. The minimum Gasteiger partial charge on any atom is -0.367 e. The van der Waals surface area contributed by atoms with E-state index in [4.69, 9.17) is 10.5 Å². The summed E-state index contributed by atoms with van der Waals surface area (Å²) in [7, 11) is 0. The van der Waals surface area contributed by atoms with E-state index in [9.17, 15) is 4.79 Å². The number of hydrogen-bond acceptors (Lipinski definition) is 3. The quantitative estimate of drug-likeness (QED) is 0.625. The Morgan fingerprint density at radius 2 is 2.15 bits per heavy atom. The summed E-state index contributed by atoms with van der Waals surface area (Å²) in [6.07, 6.45) is -0.437. The molecule has 0 aliphatic carbocycles. The lowest BCUT2D eigenvalue weighted by Crippen LogP contribution is -2.54. The van der Waals surface area contributed by atoms with Crippen LogP contribution in [0.3, 0.4) is 0 Å². The van der Waals surface area contributed by atoms with Gasteiger partial charge in [-0.15, -0.1) is 0 Å². The molecule has 0 saturated carbocycles. The minimum absolute atomic E-state index is 0.0808. The Morgan fingerprint density at radius 1 is 1.54 bits per heavy atom. The SMILES string of the molecule is CC(C)(C)N1CCOC(C(N)=O)C1. The van der Waals surface area contributed by atoms with Crippen molar-refractivity contribution in [2.75, 3.05) is 19.7 Å². The molecule has 1 heterocycles. The van der Waals surface area contributed by atoms with Crippen molar-refractivity contribution in [2.45, 2.75) is 32.4 Å². The molecule has 0 aromatic heterocycles. The predicted octanol–water partition coefficient (Wildman–Crippen LogP) is -0.0290. The van der Waals surface area contributed by atoms with E-state index in [0.29, 0.717) is 13.2 Å². The van der Waals surface area contributed by atoms with Crippen LogP contribution in [0.4, 0.5) is 0 Å². The second kappa shape index (κ2) is 3.64. The van der Waals surface area contributed by atoms with Crippen molar-refractivity contribution >= 4 is 5.91 Å². The maximum Gasteiger partial charge on any atom is 0.247 e. The third-order valence-electron chi connectivity index (χ3n) is 2.33. The topological polar surface area (TPSA) is 55.6 Å². The van der Waals surface area contributed by atoms with Crippen molar-refractivity contribution < 1.29 is 9.53 Å². The number of amides is 1. The summed E-state index contributed by atoms with van der Waals surface area (Å²) >= 11 is 0. The first-order valence-corrected chi connectivity index (χ1v) is 4.57. The van der Waals surface area contributed by atoms with E-state index in [1.54, 1.807) is 0 Å². The predicted molar refractivity (Wildman–Crippen MR) is 50.3 cm³/mol. The van der Waals surface area contributed by atoms with Crippen LogP contribution in [0.25, 0.3) is 0 Å². The molecule has 1 amide bonds. The van der Waals surface area contributed by atoms with Gasteiger partial charge < -0.3 is 10.5 Å². The van der Waals surface area contributed by atoms with Gasteiger partial charge in [0.25, 0.3) is 0 Å². The third-order valence-corrected chi connectivity index (χ3v) is 2.33. The summed E-state index contributed by atoms with van der Waals surface area (Å²) in [4.78, 5) is 13.1. The molecule has 1 fully saturated rings. The van der Waals surface area contributed by atoms with Gasteiger partial charge in [-0.2, -0.15) is 0 Å². The molecule has 2 N–H and O–H groups in total. The number of primary amides is 1. The van der Waals surface area contributed by atoms with E-state index in [2.05, 4.69) is 25.7 Å². The average Bonchev–Trinajstić information content (AvgIpc) is 2.03. The molecule has 76 valence electrons. The molecule has 1 aliphatic heterocycles. The van der Waals surface area contributed by atoms with Crippen molar-refractivity contribution in [2.24, 2.45) is 5.73 Å². The monoisotopic (exact) mass is 186 g/mol. The van der Waals surface area contributed by atoms with E-state index in [0.717, 1.165) is 6.54 Å². The third kappa shape index (κ3) is 2.67. The van der Waals surface area contributed by atoms with Gasteiger partial charge in [-0.05, 0) is 20.8 Å². The number of nitrogens with zero attached hydrogens (tertiary/aromatic N) is 1. The largest absolute Gasteiger partial charge is 0.367 e. The lowest BCUT2D eigenvalue weighted by Gasteiger charge is -2.40. The van der Waals surface area contributed by atoms with Crippen molar-refractivity contribution in [1.82, 2.24) is 4.90 Å². The van der Waals surface area contributed by atoms with Gasteiger partial charge in [0.05, 0.1) is 6.61 Å². The van der Waals surface area contributed by atoms with Crippen LogP contribution in [0.15, 0.2) is 0 Å². The zero-order valence-corrected chi connectivity index (χ0v) is 8.54. The Hall–Kier alpha value is -0.610. The van der Waals surface area contributed by atoms with Gasteiger partial charge in [-0.3, -0.25) is 9.69 Å². The summed E-state index contributed by atoms with van der Waals surface area (Å²) < 4.78 is 5.25. The van der Waals surface area contributed by atoms with E-state index >= 15 is 0 Å². The first-order chi connectivity index (χ1) is 5.91. The summed E-state index contributed by atoms with van der Waals surface area (Å²) in [5, 5.41) is 0. The van der Waals surface area contributed by atoms with Crippen LogP contribution in [0.1, 0.15) is 20.8 Å². The molecule has 4 nitrogen and oxygen atoms in total. The maximum atomic E-state index is 10.9. The van der Waals surface area contributed by atoms with Crippen LogP contribution in [-0.4, -0.2) is 42.1 Å². The molecule has 0 bridgehead atoms. The molecule has 0 aromatic carbocycles. The Labute approximate surface area is 79.0 Å². The van der Waals surface area contributed by atoms with Crippen LogP contribution in [-0.2, 0) is 9.53 Å². The molecule has 1 rings (SSSR count). The lowest BCUT2D eigenvalue weighted by atomic mass is 10.0. The molecule has 1 aliphatic rings. The number of ether oxygens (including phenoxy) is 1. The standard InChI is InChI=1S/C9H18N2O2/c1-9(2,3)11-4-5-13-7(6-11)8(10)12/h7H,4-6H2,1-3H3,(H2,10,12). The second-order valence-electron chi connectivity index (χ2n) is 4.38. The van der Waals surface area contributed by atoms with Gasteiger partial charge in [0.1, 0.15) is 6.10 Å². The van der Waals surface area contributed by atoms with Crippen molar-refractivity contribution in [3.05, 3.63) is 0 Å². The first-order valence-electron chi connectivity index (χ1n) is 4.57. The molecule has 0 radical (unpaired) electrons. The molecular formula is C9H18N2O2. The molecule has 0 aromatic rings. The fourth-order valence-electron chi connectivity index (χ4n) is 1.43. The molecule has 1 unspecified atom stereocenters. The zero-order valence-electron chi connectivity index (χ0n) is 8.54. The fraction of sp³-hybridized carbons (Fsp3) is 0.889. The minimum atomic E-state index is -0.437. The maximum absolute atomic E-state index is 10.9. The van der Waals surface area contributed by atoms with Gasteiger partial charge in [0.15, 0.2) is 0 Å². The van der Waals surface area contributed by atoms with Gasteiger partial charge in [-0.1, -0.05) is 0 Å².